The van der Waals surface area contributed by atoms with E-state index < -0.39 is 6.61 Å². The number of anilines is 1. The highest BCUT2D eigenvalue weighted by Gasteiger charge is 2.18. The van der Waals surface area contributed by atoms with Crippen molar-refractivity contribution in [2.45, 2.75) is 39.7 Å². The first-order valence-corrected chi connectivity index (χ1v) is 10.2. The third kappa shape index (κ3) is 6.78. The number of morpholine rings is 1. The maximum absolute atomic E-state index is 12.7. The van der Waals surface area contributed by atoms with Gasteiger partial charge in [0.2, 0.25) is 0 Å². The van der Waals surface area contributed by atoms with Crippen LogP contribution in [-0.2, 0) is 17.8 Å². The molecule has 1 atom stereocenters. The molecule has 2 heterocycles. The molecule has 1 unspecified atom stereocenters. The molecule has 1 aliphatic heterocycles. The van der Waals surface area contributed by atoms with E-state index in [0.717, 1.165) is 30.0 Å². The van der Waals surface area contributed by atoms with Gasteiger partial charge in [0.1, 0.15) is 11.6 Å². The van der Waals surface area contributed by atoms with Crippen molar-refractivity contribution >= 4 is 11.8 Å². The fourth-order valence-electron chi connectivity index (χ4n) is 3.41. The number of aliphatic imine (C=N–C) groups is 1. The number of nitrogens with one attached hydrogen (secondary N) is 2. The van der Waals surface area contributed by atoms with Crippen molar-refractivity contribution in [1.82, 2.24) is 15.6 Å². The van der Waals surface area contributed by atoms with Gasteiger partial charge in [0, 0.05) is 45.0 Å². The Kier molecular flexibility index (Phi) is 8.00. The lowest BCUT2D eigenvalue weighted by atomic mass is 10.1. The molecule has 7 nitrogen and oxygen atoms in total. The van der Waals surface area contributed by atoms with E-state index >= 15 is 0 Å². The van der Waals surface area contributed by atoms with E-state index in [1.54, 1.807) is 25.4 Å². The van der Waals surface area contributed by atoms with Gasteiger partial charge in [0.25, 0.3) is 0 Å². The van der Waals surface area contributed by atoms with Crippen LogP contribution in [-0.4, -0.2) is 50.4 Å². The molecule has 0 aliphatic carbocycles. The van der Waals surface area contributed by atoms with Gasteiger partial charge in [0.05, 0.1) is 12.7 Å². The lowest BCUT2D eigenvalue weighted by Crippen LogP contribution is -2.41. The van der Waals surface area contributed by atoms with Crippen molar-refractivity contribution in [3.05, 3.63) is 53.2 Å². The Morgan fingerprint density at radius 3 is 2.84 bits per heavy atom. The van der Waals surface area contributed by atoms with E-state index in [2.05, 4.69) is 37.2 Å². The molecule has 0 spiro atoms. The minimum Gasteiger partial charge on any atom is -0.434 e. The van der Waals surface area contributed by atoms with Crippen molar-refractivity contribution in [2.75, 3.05) is 31.6 Å². The fourth-order valence-corrected chi connectivity index (χ4v) is 3.41. The van der Waals surface area contributed by atoms with Crippen LogP contribution in [0.1, 0.15) is 23.6 Å². The molecule has 1 aromatic heterocycles. The van der Waals surface area contributed by atoms with Crippen LogP contribution < -0.4 is 20.3 Å². The second-order valence-electron chi connectivity index (χ2n) is 7.42. The molecular weight excluding hydrogens is 404 g/mol. The number of aryl methyl sites for hydroxylation is 1. The first-order valence-electron chi connectivity index (χ1n) is 10.2. The molecule has 31 heavy (non-hydrogen) atoms. The highest BCUT2D eigenvalue weighted by atomic mass is 19.3. The highest BCUT2D eigenvalue weighted by molar-refractivity contribution is 5.79. The maximum Gasteiger partial charge on any atom is 0.387 e. The van der Waals surface area contributed by atoms with Gasteiger partial charge in [-0.05, 0) is 37.6 Å². The third-order valence-corrected chi connectivity index (χ3v) is 4.94. The fraction of sp³-hybridized carbons (Fsp3) is 0.455. The minimum absolute atomic E-state index is 0.155. The largest absolute Gasteiger partial charge is 0.434 e. The highest BCUT2D eigenvalue weighted by Crippen LogP contribution is 2.22. The quantitative estimate of drug-likeness (QED) is 0.517. The summed E-state index contributed by atoms with van der Waals surface area (Å²) in [4.78, 5) is 10.9. The summed E-state index contributed by atoms with van der Waals surface area (Å²) >= 11 is 0. The third-order valence-electron chi connectivity index (χ3n) is 4.94. The van der Waals surface area contributed by atoms with Gasteiger partial charge >= 0.3 is 6.61 Å². The Morgan fingerprint density at radius 2 is 2.10 bits per heavy atom. The van der Waals surface area contributed by atoms with Crippen LogP contribution in [0.5, 0.6) is 5.75 Å². The van der Waals surface area contributed by atoms with Crippen LogP contribution in [0, 0.1) is 6.92 Å². The van der Waals surface area contributed by atoms with Gasteiger partial charge in [-0.15, -0.1) is 0 Å². The Morgan fingerprint density at radius 1 is 1.29 bits per heavy atom. The summed E-state index contributed by atoms with van der Waals surface area (Å²) in [7, 11) is 1.66. The first kappa shape index (κ1) is 22.7. The lowest BCUT2D eigenvalue weighted by molar-refractivity contribution is -0.0504. The number of hydrogen-bond acceptors (Lipinski definition) is 5. The summed E-state index contributed by atoms with van der Waals surface area (Å²) in [5.41, 5.74) is 2.66. The van der Waals surface area contributed by atoms with Crippen LogP contribution in [0.25, 0.3) is 0 Å². The lowest BCUT2D eigenvalue weighted by Gasteiger charge is -2.32. The van der Waals surface area contributed by atoms with Gasteiger partial charge in [-0.2, -0.15) is 8.78 Å². The summed E-state index contributed by atoms with van der Waals surface area (Å²) < 4.78 is 35.6. The van der Waals surface area contributed by atoms with Crippen LogP contribution >= 0.6 is 0 Å². The number of alkyl halides is 2. The molecule has 0 radical (unpaired) electrons. The molecule has 2 N–H and O–H groups in total. The second kappa shape index (κ2) is 10.9. The summed E-state index contributed by atoms with van der Waals surface area (Å²) in [6.07, 6.45) is 1.98. The number of guanidine groups is 1. The molecule has 0 saturated carbocycles. The van der Waals surface area contributed by atoms with Gasteiger partial charge in [-0.25, -0.2) is 4.98 Å². The summed E-state index contributed by atoms with van der Waals surface area (Å²) in [5.74, 6) is 1.64. The topological polar surface area (TPSA) is 71.0 Å². The molecule has 0 amide bonds. The summed E-state index contributed by atoms with van der Waals surface area (Å²) in [6, 6.07) is 9.11. The zero-order valence-corrected chi connectivity index (χ0v) is 18.1. The van der Waals surface area contributed by atoms with Crippen molar-refractivity contribution < 1.29 is 18.3 Å². The molecule has 168 valence electrons. The summed E-state index contributed by atoms with van der Waals surface area (Å²) in [6.45, 7) is 4.26. The van der Waals surface area contributed by atoms with Gasteiger partial charge in [0.15, 0.2) is 5.96 Å². The van der Waals surface area contributed by atoms with Crippen LogP contribution in [0.15, 0.2) is 41.5 Å². The minimum atomic E-state index is -2.87. The maximum atomic E-state index is 12.7. The van der Waals surface area contributed by atoms with E-state index in [1.807, 2.05) is 25.1 Å². The number of benzene rings is 1. The summed E-state index contributed by atoms with van der Waals surface area (Å²) in [5, 5.41) is 6.40. The average molecular weight is 434 g/mol. The molecule has 1 fully saturated rings. The van der Waals surface area contributed by atoms with Crippen LogP contribution in [0.4, 0.5) is 14.6 Å². The van der Waals surface area contributed by atoms with Crippen molar-refractivity contribution in [3.63, 3.8) is 0 Å². The Labute approximate surface area is 181 Å². The zero-order valence-electron chi connectivity index (χ0n) is 18.1. The first-order chi connectivity index (χ1) is 14.9. The SMILES string of the molecule is CN=C(NCc1ccnc(N2CCOC(C)C2)c1)NCc1cc(C)ccc1OC(F)F. The zero-order chi connectivity index (χ0) is 22.2. The normalized spacial score (nSPS) is 17.0. The van der Waals surface area contributed by atoms with Crippen molar-refractivity contribution in [3.8, 4) is 5.75 Å². The second-order valence-corrected chi connectivity index (χ2v) is 7.42. The molecule has 1 aromatic carbocycles. The Hall–Kier alpha value is -2.94. The molecular formula is C22H29F2N5O2. The molecule has 1 saturated heterocycles. The number of aromatic nitrogens is 1. The van der Waals surface area contributed by atoms with E-state index in [0.29, 0.717) is 31.2 Å². The van der Waals surface area contributed by atoms with E-state index in [4.69, 9.17) is 4.74 Å². The standard InChI is InChI=1S/C22H29F2N5O2/c1-15-4-5-19(31-21(23)24)18(10-15)13-28-22(25-3)27-12-17-6-7-26-20(11-17)29-8-9-30-16(2)14-29/h4-7,10-11,16,21H,8-9,12-14H2,1-3H3,(H2,25,27,28). The van der Waals surface area contributed by atoms with Crippen LogP contribution in [0.3, 0.4) is 0 Å². The molecule has 2 aromatic rings. The Bertz CT molecular complexity index is 894. The molecule has 9 heteroatoms. The predicted molar refractivity (Wildman–Crippen MR) is 117 cm³/mol. The molecule has 3 rings (SSSR count). The van der Waals surface area contributed by atoms with E-state index in [1.165, 1.54) is 0 Å². The molecule has 1 aliphatic rings. The molecule has 0 bridgehead atoms. The Balaban J connectivity index is 1.58. The van der Waals surface area contributed by atoms with Crippen LogP contribution in [0.2, 0.25) is 0 Å². The predicted octanol–water partition coefficient (Wildman–Crippen LogP) is 3.08. The van der Waals surface area contributed by atoms with Gasteiger partial charge in [-0.1, -0.05) is 17.7 Å². The van der Waals surface area contributed by atoms with E-state index in [-0.39, 0.29) is 11.9 Å². The number of hydrogen-bond donors (Lipinski definition) is 2. The monoisotopic (exact) mass is 433 g/mol. The smallest absolute Gasteiger partial charge is 0.387 e. The number of pyridine rings is 1. The number of nitrogens with zero attached hydrogens (tertiary/aromatic N) is 3. The number of halogens is 2. The van der Waals surface area contributed by atoms with Gasteiger partial charge in [-0.3, -0.25) is 4.99 Å². The van der Waals surface area contributed by atoms with E-state index in [9.17, 15) is 8.78 Å². The van der Waals surface area contributed by atoms with Crippen molar-refractivity contribution in [2.24, 2.45) is 4.99 Å². The number of rotatable bonds is 7. The number of ether oxygens (including phenoxy) is 2. The van der Waals surface area contributed by atoms with Crippen molar-refractivity contribution in [1.29, 1.82) is 0 Å². The average Bonchev–Trinajstić information content (AvgIpc) is 2.75. The van der Waals surface area contributed by atoms with Gasteiger partial charge < -0.3 is 25.0 Å².